The normalized spacial score (nSPS) is 13.1. The Labute approximate surface area is 211 Å². The Morgan fingerprint density at radius 2 is 1.84 bits per heavy atom. The molecule has 0 radical (unpaired) electrons. The highest BCUT2D eigenvalue weighted by Gasteiger charge is 2.31. The van der Waals surface area contributed by atoms with E-state index in [2.05, 4.69) is 30.5 Å². The van der Waals surface area contributed by atoms with Crippen LogP contribution in [0.3, 0.4) is 0 Å². The summed E-state index contributed by atoms with van der Waals surface area (Å²) in [5, 5.41) is 5.90. The van der Waals surface area contributed by atoms with Crippen molar-refractivity contribution in [1.82, 2.24) is 15.0 Å². The van der Waals surface area contributed by atoms with Gasteiger partial charge in [-0.2, -0.15) is 13.2 Å². The zero-order valence-corrected chi connectivity index (χ0v) is 19.9. The standard InChI is InChI=1S/C27H23F3N6O/c1-17-5-6-22(33-25(37)18-3-2-4-20(13-18)27(28,29)30)14-24(17)36-12-9-23-19(16-36)15-32-26(35-23)34-21-7-10-31-11-8-21/h2-8,10-11,13-15H,9,12,16H2,1H3,(H,33,37)(H,31,32,34,35). The Morgan fingerprint density at radius 3 is 2.62 bits per heavy atom. The molecule has 1 aliphatic heterocycles. The number of benzene rings is 2. The predicted molar refractivity (Wildman–Crippen MR) is 135 cm³/mol. The molecule has 5 rings (SSSR count). The number of rotatable bonds is 5. The van der Waals surface area contributed by atoms with E-state index in [1.54, 1.807) is 18.5 Å². The number of hydrogen-bond acceptors (Lipinski definition) is 6. The number of nitrogens with zero attached hydrogens (tertiary/aromatic N) is 4. The van der Waals surface area contributed by atoms with E-state index in [1.807, 2.05) is 37.4 Å². The van der Waals surface area contributed by atoms with Crippen LogP contribution in [0.2, 0.25) is 0 Å². The van der Waals surface area contributed by atoms with E-state index in [0.717, 1.165) is 40.3 Å². The number of nitrogens with one attached hydrogen (secondary N) is 2. The van der Waals surface area contributed by atoms with Crippen molar-refractivity contribution in [3.63, 3.8) is 0 Å². The van der Waals surface area contributed by atoms with E-state index in [1.165, 1.54) is 12.1 Å². The van der Waals surface area contributed by atoms with Crippen LogP contribution in [-0.2, 0) is 19.1 Å². The monoisotopic (exact) mass is 504 g/mol. The van der Waals surface area contributed by atoms with Crippen molar-refractivity contribution in [2.45, 2.75) is 26.1 Å². The first-order valence-electron chi connectivity index (χ1n) is 11.6. The van der Waals surface area contributed by atoms with Gasteiger partial charge in [-0.05, 0) is 55.0 Å². The van der Waals surface area contributed by atoms with Crippen LogP contribution < -0.4 is 15.5 Å². The molecule has 0 atom stereocenters. The largest absolute Gasteiger partial charge is 0.416 e. The van der Waals surface area contributed by atoms with Crippen LogP contribution in [0, 0.1) is 6.92 Å². The summed E-state index contributed by atoms with van der Waals surface area (Å²) >= 11 is 0. The number of carbonyl (C=O) groups excluding carboxylic acids is 1. The van der Waals surface area contributed by atoms with E-state index in [9.17, 15) is 18.0 Å². The molecule has 0 aliphatic carbocycles. The van der Waals surface area contributed by atoms with Gasteiger partial charge in [0.25, 0.3) is 5.91 Å². The number of alkyl halides is 3. The first-order chi connectivity index (χ1) is 17.8. The third-order valence-corrected chi connectivity index (χ3v) is 6.13. The Kier molecular flexibility index (Phi) is 6.47. The van der Waals surface area contributed by atoms with Gasteiger partial charge in [0.1, 0.15) is 0 Å². The van der Waals surface area contributed by atoms with Crippen molar-refractivity contribution in [1.29, 1.82) is 0 Å². The molecule has 2 aromatic heterocycles. The lowest BCUT2D eigenvalue weighted by molar-refractivity contribution is -0.137. The summed E-state index contributed by atoms with van der Waals surface area (Å²) in [5.41, 5.74) is 4.34. The van der Waals surface area contributed by atoms with E-state index in [-0.39, 0.29) is 5.56 Å². The zero-order chi connectivity index (χ0) is 26.0. The predicted octanol–water partition coefficient (Wildman–Crippen LogP) is 5.76. The van der Waals surface area contributed by atoms with E-state index < -0.39 is 17.6 Å². The smallest absolute Gasteiger partial charge is 0.366 e. The molecule has 4 aromatic rings. The van der Waals surface area contributed by atoms with Crippen LogP contribution in [-0.4, -0.2) is 27.4 Å². The Bertz CT molecular complexity index is 1440. The van der Waals surface area contributed by atoms with Gasteiger partial charge < -0.3 is 15.5 Å². The van der Waals surface area contributed by atoms with Crippen molar-refractivity contribution in [2.24, 2.45) is 0 Å². The number of halogens is 3. The second kappa shape index (κ2) is 9.88. The van der Waals surface area contributed by atoms with Gasteiger partial charge in [0.05, 0.1) is 11.3 Å². The summed E-state index contributed by atoms with van der Waals surface area (Å²) in [6.07, 6.45) is 1.39. The molecule has 0 saturated carbocycles. The molecule has 3 heterocycles. The molecule has 1 amide bonds. The van der Waals surface area contributed by atoms with Crippen LogP contribution in [0.25, 0.3) is 0 Å². The number of aromatic nitrogens is 3. The molecule has 0 spiro atoms. The maximum Gasteiger partial charge on any atom is 0.416 e. The Morgan fingerprint density at radius 1 is 1.03 bits per heavy atom. The fourth-order valence-corrected chi connectivity index (χ4v) is 4.21. The molecule has 1 aliphatic rings. The third-order valence-electron chi connectivity index (χ3n) is 6.13. The summed E-state index contributed by atoms with van der Waals surface area (Å²) < 4.78 is 39.1. The lowest BCUT2D eigenvalue weighted by Crippen LogP contribution is -2.32. The summed E-state index contributed by atoms with van der Waals surface area (Å²) in [4.78, 5) is 28.0. The topological polar surface area (TPSA) is 83.0 Å². The number of aryl methyl sites for hydroxylation is 1. The number of carbonyl (C=O) groups is 1. The van der Waals surface area contributed by atoms with Crippen molar-refractivity contribution in [3.8, 4) is 0 Å². The Balaban J connectivity index is 1.31. The molecular weight excluding hydrogens is 481 g/mol. The maximum absolute atomic E-state index is 13.0. The molecule has 0 fully saturated rings. The van der Waals surface area contributed by atoms with E-state index in [4.69, 9.17) is 0 Å². The fraction of sp³-hybridized carbons (Fsp3) is 0.185. The summed E-state index contributed by atoms with van der Waals surface area (Å²) in [5.74, 6) is -0.0820. The van der Waals surface area contributed by atoms with Gasteiger partial charge in [-0.3, -0.25) is 9.78 Å². The van der Waals surface area contributed by atoms with Gasteiger partial charge in [-0.15, -0.1) is 0 Å². The lowest BCUT2D eigenvalue weighted by Gasteiger charge is -2.31. The first kappa shape index (κ1) is 24.2. The number of amides is 1. The quantitative estimate of drug-likeness (QED) is 0.360. The first-order valence-corrected chi connectivity index (χ1v) is 11.6. The molecule has 7 nitrogen and oxygen atoms in total. The van der Waals surface area contributed by atoms with Crippen LogP contribution in [0.15, 0.2) is 73.2 Å². The van der Waals surface area contributed by atoms with Crippen LogP contribution in [0.5, 0.6) is 0 Å². The summed E-state index contributed by atoms with van der Waals surface area (Å²) in [7, 11) is 0. The van der Waals surface area contributed by atoms with Gasteiger partial charge in [-0.25, -0.2) is 9.97 Å². The van der Waals surface area contributed by atoms with Gasteiger partial charge >= 0.3 is 6.18 Å². The highest BCUT2D eigenvalue weighted by molar-refractivity contribution is 6.04. The van der Waals surface area contributed by atoms with Crippen molar-refractivity contribution in [3.05, 3.63) is 101 Å². The minimum absolute atomic E-state index is 0.0582. The molecule has 188 valence electrons. The van der Waals surface area contributed by atoms with Crippen molar-refractivity contribution >= 4 is 28.9 Å². The van der Waals surface area contributed by atoms with Crippen molar-refractivity contribution < 1.29 is 18.0 Å². The molecule has 2 N–H and O–H groups in total. The number of fused-ring (bicyclic) bond motifs is 1. The van der Waals surface area contributed by atoms with Crippen LogP contribution in [0.1, 0.15) is 32.7 Å². The number of hydrogen-bond donors (Lipinski definition) is 2. The average molecular weight is 505 g/mol. The number of anilines is 4. The second-order valence-corrected chi connectivity index (χ2v) is 8.73. The van der Waals surface area contributed by atoms with E-state index in [0.29, 0.717) is 31.1 Å². The fourth-order valence-electron chi connectivity index (χ4n) is 4.21. The zero-order valence-electron chi connectivity index (χ0n) is 19.9. The van der Waals surface area contributed by atoms with Gasteiger partial charge in [0.2, 0.25) is 5.95 Å². The van der Waals surface area contributed by atoms with Crippen LogP contribution >= 0.6 is 0 Å². The minimum Gasteiger partial charge on any atom is -0.366 e. The minimum atomic E-state index is -4.52. The van der Waals surface area contributed by atoms with Gasteiger partial charge in [-0.1, -0.05) is 12.1 Å². The molecule has 0 saturated heterocycles. The number of pyridine rings is 1. The molecule has 10 heteroatoms. The van der Waals surface area contributed by atoms with Gasteiger partial charge in [0, 0.05) is 66.3 Å². The SMILES string of the molecule is Cc1ccc(NC(=O)c2cccc(C(F)(F)F)c2)cc1N1CCc2nc(Nc3ccncc3)ncc2C1. The maximum atomic E-state index is 13.0. The van der Waals surface area contributed by atoms with E-state index >= 15 is 0 Å². The molecule has 37 heavy (non-hydrogen) atoms. The molecular formula is C27H23F3N6O. The summed E-state index contributed by atoms with van der Waals surface area (Å²) in [6, 6.07) is 13.5. The van der Waals surface area contributed by atoms with Crippen LogP contribution in [0.4, 0.5) is 36.2 Å². The van der Waals surface area contributed by atoms with Gasteiger partial charge in [0.15, 0.2) is 0 Å². The third kappa shape index (κ3) is 5.53. The molecule has 2 aromatic carbocycles. The molecule has 0 unspecified atom stereocenters. The highest BCUT2D eigenvalue weighted by atomic mass is 19.4. The average Bonchev–Trinajstić information content (AvgIpc) is 2.89. The van der Waals surface area contributed by atoms with Crippen molar-refractivity contribution in [2.75, 3.05) is 22.1 Å². The highest BCUT2D eigenvalue weighted by Crippen LogP contribution is 2.31. The second-order valence-electron chi connectivity index (χ2n) is 8.73. The molecule has 0 bridgehead atoms. The lowest BCUT2D eigenvalue weighted by atomic mass is 10.0. The summed E-state index contributed by atoms with van der Waals surface area (Å²) in [6.45, 7) is 3.28. The Hall–Kier alpha value is -4.47.